The van der Waals surface area contributed by atoms with Gasteiger partial charge in [0, 0.05) is 25.7 Å². The van der Waals surface area contributed by atoms with Crippen LogP contribution in [0.3, 0.4) is 0 Å². The number of rotatable bonds is 7. The van der Waals surface area contributed by atoms with Crippen molar-refractivity contribution >= 4 is 17.4 Å². The Morgan fingerprint density at radius 3 is 2.78 bits per heavy atom. The molecule has 2 aromatic rings. The lowest BCUT2D eigenvalue weighted by Gasteiger charge is -2.32. The number of halogens is 2. The van der Waals surface area contributed by atoms with Gasteiger partial charge < -0.3 is 14.8 Å². The van der Waals surface area contributed by atoms with Crippen LogP contribution in [-0.4, -0.2) is 47.7 Å². The van der Waals surface area contributed by atoms with Crippen LogP contribution in [0.15, 0.2) is 24.4 Å². The van der Waals surface area contributed by atoms with Crippen LogP contribution < -0.4 is 14.8 Å². The number of ether oxygens (including phenoxy) is 2. The Labute approximate surface area is 163 Å². The fourth-order valence-corrected chi connectivity index (χ4v) is 3.35. The summed E-state index contributed by atoms with van der Waals surface area (Å²) < 4.78 is 24.8. The van der Waals surface area contributed by atoms with Gasteiger partial charge in [0.2, 0.25) is 5.28 Å². The maximum Gasteiger partial charge on any atom is 0.224 e. The second kappa shape index (κ2) is 9.19. The first-order valence-corrected chi connectivity index (χ1v) is 9.43. The Kier molecular flexibility index (Phi) is 6.68. The van der Waals surface area contributed by atoms with Crippen LogP contribution in [0.25, 0.3) is 0 Å². The lowest BCUT2D eigenvalue weighted by atomic mass is 10.0. The van der Waals surface area contributed by atoms with Crippen LogP contribution in [0.4, 0.5) is 10.2 Å². The Morgan fingerprint density at radius 1 is 1.30 bits per heavy atom. The van der Waals surface area contributed by atoms with E-state index in [4.69, 9.17) is 21.1 Å². The van der Waals surface area contributed by atoms with Crippen LogP contribution in [0.2, 0.25) is 5.28 Å². The fourth-order valence-electron chi connectivity index (χ4n) is 3.22. The zero-order chi connectivity index (χ0) is 19.2. The molecule has 2 heterocycles. The standard InChI is InChI=1S/C19H24ClFN4O2/c1-3-27-17-10-13(4-5-16(17)26-2)12-25-8-6-14(7-9-25)23-18-15(21)11-22-19(20)24-18/h4-5,10-11,14H,3,6-9,12H2,1-2H3,(H,22,23,24). The molecule has 6 nitrogen and oxygen atoms in total. The number of piperidine rings is 1. The summed E-state index contributed by atoms with van der Waals surface area (Å²) in [5.41, 5.74) is 1.18. The molecule has 0 atom stereocenters. The minimum absolute atomic E-state index is 0.0425. The monoisotopic (exact) mass is 394 g/mol. The van der Waals surface area contributed by atoms with E-state index >= 15 is 0 Å². The van der Waals surface area contributed by atoms with Gasteiger partial charge in [0.1, 0.15) is 0 Å². The smallest absolute Gasteiger partial charge is 0.224 e. The number of benzene rings is 1. The van der Waals surface area contributed by atoms with Gasteiger partial charge in [-0.25, -0.2) is 9.37 Å². The zero-order valence-electron chi connectivity index (χ0n) is 15.5. The van der Waals surface area contributed by atoms with E-state index in [-0.39, 0.29) is 17.1 Å². The number of likely N-dealkylation sites (tertiary alicyclic amines) is 1. The predicted molar refractivity (Wildman–Crippen MR) is 103 cm³/mol. The lowest BCUT2D eigenvalue weighted by Crippen LogP contribution is -2.39. The molecule has 8 heteroatoms. The molecule has 0 radical (unpaired) electrons. The predicted octanol–water partition coefficient (Wildman–Crippen LogP) is 3.75. The third-order valence-corrected chi connectivity index (χ3v) is 4.76. The van der Waals surface area contributed by atoms with Gasteiger partial charge in [-0.05, 0) is 49.1 Å². The maximum atomic E-state index is 13.8. The summed E-state index contributed by atoms with van der Waals surface area (Å²) in [6.07, 6.45) is 2.89. The quantitative estimate of drug-likeness (QED) is 0.722. The molecule has 3 rings (SSSR count). The van der Waals surface area contributed by atoms with Crippen molar-refractivity contribution in [3.05, 3.63) is 41.1 Å². The van der Waals surface area contributed by atoms with E-state index in [1.807, 2.05) is 19.1 Å². The van der Waals surface area contributed by atoms with E-state index in [1.165, 1.54) is 5.56 Å². The molecule has 1 aliphatic heterocycles. The molecule has 1 N–H and O–H groups in total. The largest absolute Gasteiger partial charge is 0.493 e. The molecular weight excluding hydrogens is 371 g/mol. The van der Waals surface area contributed by atoms with Gasteiger partial charge in [-0.3, -0.25) is 4.90 Å². The zero-order valence-corrected chi connectivity index (χ0v) is 16.3. The summed E-state index contributed by atoms with van der Waals surface area (Å²) >= 11 is 5.75. The number of nitrogens with one attached hydrogen (secondary N) is 1. The van der Waals surface area contributed by atoms with Crippen molar-refractivity contribution in [1.82, 2.24) is 14.9 Å². The number of hydrogen-bond donors (Lipinski definition) is 1. The first-order valence-electron chi connectivity index (χ1n) is 9.05. The molecule has 0 amide bonds. The van der Waals surface area contributed by atoms with Gasteiger partial charge in [-0.1, -0.05) is 6.07 Å². The Bertz CT molecular complexity index is 769. The molecule has 0 spiro atoms. The first kappa shape index (κ1) is 19.6. The van der Waals surface area contributed by atoms with E-state index < -0.39 is 5.82 Å². The van der Waals surface area contributed by atoms with E-state index in [2.05, 4.69) is 26.3 Å². The van der Waals surface area contributed by atoms with Crippen LogP contribution in [-0.2, 0) is 6.54 Å². The van der Waals surface area contributed by atoms with Crippen molar-refractivity contribution in [2.75, 3.05) is 32.1 Å². The Hall–Kier alpha value is -2.12. The second-order valence-electron chi connectivity index (χ2n) is 6.45. The number of methoxy groups -OCH3 is 1. The summed E-state index contributed by atoms with van der Waals surface area (Å²) in [4.78, 5) is 9.94. The average molecular weight is 395 g/mol. The Balaban J connectivity index is 1.55. The number of aromatic nitrogens is 2. The van der Waals surface area contributed by atoms with Crippen molar-refractivity contribution in [1.29, 1.82) is 0 Å². The van der Waals surface area contributed by atoms with Gasteiger partial charge in [-0.15, -0.1) is 0 Å². The van der Waals surface area contributed by atoms with Crippen molar-refractivity contribution in [2.24, 2.45) is 0 Å². The number of anilines is 1. The highest BCUT2D eigenvalue weighted by Gasteiger charge is 2.21. The molecule has 1 fully saturated rings. The minimum Gasteiger partial charge on any atom is -0.493 e. The highest BCUT2D eigenvalue weighted by molar-refractivity contribution is 6.28. The summed E-state index contributed by atoms with van der Waals surface area (Å²) in [5.74, 6) is 1.20. The normalized spacial score (nSPS) is 15.6. The maximum absolute atomic E-state index is 13.8. The Morgan fingerprint density at radius 2 is 2.07 bits per heavy atom. The van der Waals surface area contributed by atoms with Crippen LogP contribution in [0.1, 0.15) is 25.3 Å². The molecule has 0 unspecified atom stereocenters. The highest BCUT2D eigenvalue weighted by atomic mass is 35.5. The first-order chi connectivity index (χ1) is 13.1. The molecule has 1 aromatic heterocycles. The topological polar surface area (TPSA) is 59.5 Å². The van der Waals surface area contributed by atoms with Crippen molar-refractivity contribution in [3.63, 3.8) is 0 Å². The molecule has 1 saturated heterocycles. The molecule has 1 aliphatic rings. The molecule has 0 bridgehead atoms. The van der Waals surface area contributed by atoms with Gasteiger partial charge in [0.15, 0.2) is 23.1 Å². The van der Waals surface area contributed by atoms with Crippen LogP contribution >= 0.6 is 11.6 Å². The van der Waals surface area contributed by atoms with Gasteiger partial charge in [-0.2, -0.15) is 4.98 Å². The fraction of sp³-hybridized carbons (Fsp3) is 0.474. The molecule has 146 valence electrons. The number of hydrogen-bond acceptors (Lipinski definition) is 6. The van der Waals surface area contributed by atoms with Crippen molar-refractivity contribution in [2.45, 2.75) is 32.4 Å². The van der Waals surface area contributed by atoms with Gasteiger partial charge in [0.25, 0.3) is 0 Å². The third-order valence-electron chi connectivity index (χ3n) is 4.58. The molecule has 1 aromatic carbocycles. The third kappa shape index (κ3) is 5.20. The molecule has 27 heavy (non-hydrogen) atoms. The van der Waals surface area contributed by atoms with Gasteiger partial charge >= 0.3 is 0 Å². The SMILES string of the molecule is CCOc1cc(CN2CCC(Nc3nc(Cl)ncc3F)CC2)ccc1OC. The van der Waals surface area contributed by atoms with Crippen LogP contribution in [0, 0.1) is 5.82 Å². The number of nitrogens with zero attached hydrogens (tertiary/aromatic N) is 3. The van der Waals surface area contributed by atoms with E-state index in [9.17, 15) is 4.39 Å². The summed E-state index contributed by atoms with van der Waals surface area (Å²) in [7, 11) is 1.64. The highest BCUT2D eigenvalue weighted by Crippen LogP contribution is 2.29. The molecule has 0 aliphatic carbocycles. The average Bonchev–Trinajstić information content (AvgIpc) is 2.67. The second-order valence-corrected chi connectivity index (χ2v) is 6.79. The van der Waals surface area contributed by atoms with Gasteiger partial charge in [0.05, 0.1) is 19.9 Å². The van der Waals surface area contributed by atoms with E-state index in [0.717, 1.165) is 50.2 Å². The minimum atomic E-state index is -0.483. The van der Waals surface area contributed by atoms with E-state index in [1.54, 1.807) is 7.11 Å². The molecule has 0 saturated carbocycles. The molecular formula is C19H24ClFN4O2. The summed E-state index contributed by atoms with van der Waals surface area (Å²) in [5, 5.41) is 3.18. The summed E-state index contributed by atoms with van der Waals surface area (Å²) in [6.45, 7) is 5.21. The lowest BCUT2D eigenvalue weighted by molar-refractivity contribution is 0.210. The van der Waals surface area contributed by atoms with Crippen molar-refractivity contribution in [3.8, 4) is 11.5 Å². The van der Waals surface area contributed by atoms with E-state index in [0.29, 0.717) is 6.61 Å². The van der Waals surface area contributed by atoms with Crippen molar-refractivity contribution < 1.29 is 13.9 Å². The summed E-state index contributed by atoms with van der Waals surface area (Å²) in [6, 6.07) is 6.20. The van der Waals surface area contributed by atoms with Crippen LogP contribution in [0.5, 0.6) is 11.5 Å².